The molecule has 1 atom stereocenters. The Hall–Kier alpha value is -0.170. The van der Waals surface area contributed by atoms with Gasteiger partial charge in [-0.15, -0.1) is 11.3 Å². The van der Waals surface area contributed by atoms with Crippen LogP contribution in [0.3, 0.4) is 0 Å². The number of halogens is 2. The lowest BCUT2D eigenvalue weighted by atomic mass is 10.0. The number of thiazole rings is 1. The van der Waals surface area contributed by atoms with Crippen molar-refractivity contribution in [2.45, 2.75) is 32.7 Å². The third-order valence-electron chi connectivity index (χ3n) is 3.05. The van der Waals surface area contributed by atoms with E-state index in [1.807, 2.05) is 13.0 Å². The third kappa shape index (κ3) is 4.41. The van der Waals surface area contributed by atoms with Crippen LogP contribution in [0.1, 0.15) is 35.7 Å². The molecule has 0 spiro atoms. The highest BCUT2D eigenvalue weighted by molar-refractivity contribution is 14.1. The van der Waals surface area contributed by atoms with Crippen LogP contribution in [-0.2, 0) is 6.42 Å². The van der Waals surface area contributed by atoms with Gasteiger partial charge in [0.05, 0.1) is 10.7 Å². The Morgan fingerprint density at radius 1 is 1.45 bits per heavy atom. The molecule has 0 aliphatic rings. The van der Waals surface area contributed by atoms with Crippen molar-refractivity contribution in [2.24, 2.45) is 0 Å². The number of aromatic nitrogens is 1. The van der Waals surface area contributed by atoms with Crippen LogP contribution in [-0.4, -0.2) is 11.5 Å². The quantitative estimate of drug-likeness (QED) is 0.666. The van der Waals surface area contributed by atoms with E-state index < -0.39 is 0 Å². The summed E-state index contributed by atoms with van der Waals surface area (Å²) < 4.78 is 1.24. The zero-order chi connectivity index (χ0) is 14.5. The number of rotatable bonds is 6. The summed E-state index contributed by atoms with van der Waals surface area (Å²) in [5.74, 6) is 0. The Morgan fingerprint density at radius 2 is 2.25 bits per heavy atom. The molecule has 108 valence electrons. The molecule has 2 aromatic rings. The first-order valence-electron chi connectivity index (χ1n) is 6.69. The molecule has 0 saturated heterocycles. The lowest BCUT2D eigenvalue weighted by Gasteiger charge is -2.20. The second kappa shape index (κ2) is 7.73. The Morgan fingerprint density at radius 3 is 2.90 bits per heavy atom. The number of hydrogen-bond donors (Lipinski definition) is 1. The van der Waals surface area contributed by atoms with E-state index in [0.717, 1.165) is 35.1 Å². The number of aryl methyl sites for hydroxylation is 1. The first-order chi connectivity index (χ1) is 9.60. The molecule has 1 aromatic carbocycles. The monoisotopic (exact) mass is 420 g/mol. The second-order valence-electron chi connectivity index (χ2n) is 4.73. The van der Waals surface area contributed by atoms with Crippen molar-refractivity contribution in [3.05, 3.63) is 48.4 Å². The van der Waals surface area contributed by atoms with Gasteiger partial charge in [0.15, 0.2) is 0 Å². The van der Waals surface area contributed by atoms with E-state index in [-0.39, 0.29) is 6.04 Å². The topological polar surface area (TPSA) is 24.9 Å². The van der Waals surface area contributed by atoms with E-state index in [0.29, 0.717) is 0 Å². The van der Waals surface area contributed by atoms with Crippen molar-refractivity contribution in [2.75, 3.05) is 6.54 Å². The van der Waals surface area contributed by atoms with Gasteiger partial charge in [0.25, 0.3) is 0 Å². The van der Waals surface area contributed by atoms with Crippen LogP contribution < -0.4 is 5.32 Å². The predicted molar refractivity (Wildman–Crippen MR) is 95.8 cm³/mol. The molecule has 0 aliphatic heterocycles. The maximum atomic E-state index is 6.16. The maximum Gasteiger partial charge on any atom is 0.0897 e. The summed E-state index contributed by atoms with van der Waals surface area (Å²) in [6, 6.07) is 6.35. The lowest BCUT2D eigenvalue weighted by Crippen LogP contribution is -2.25. The summed E-state index contributed by atoms with van der Waals surface area (Å²) in [7, 11) is 0. The molecule has 2 rings (SSSR count). The normalized spacial score (nSPS) is 12.6. The van der Waals surface area contributed by atoms with Crippen molar-refractivity contribution in [1.29, 1.82) is 0 Å². The summed E-state index contributed by atoms with van der Waals surface area (Å²) in [4.78, 5) is 4.58. The van der Waals surface area contributed by atoms with Crippen LogP contribution in [0.25, 0.3) is 0 Å². The molecular weight excluding hydrogens is 403 g/mol. The number of hydrogen-bond acceptors (Lipinski definition) is 3. The highest BCUT2D eigenvalue weighted by Crippen LogP contribution is 2.27. The van der Waals surface area contributed by atoms with Gasteiger partial charge in [0.1, 0.15) is 0 Å². The van der Waals surface area contributed by atoms with Gasteiger partial charge in [-0.1, -0.05) is 18.5 Å². The molecule has 0 saturated carbocycles. The van der Waals surface area contributed by atoms with Crippen molar-refractivity contribution in [3.63, 3.8) is 0 Å². The van der Waals surface area contributed by atoms with E-state index in [1.165, 1.54) is 9.13 Å². The lowest BCUT2D eigenvalue weighted by molar-refractivity contribution is 0.523. The molecule has 1 N–H and O–H groups in total. The first-order valence-corrected chi connectivity index (χ1v) is 9.03. The molecule has 0 aliphatic carbocycles. The molecule has 0 fully saturated rings. The van der Waals surface area contributed by atoms with Gasteiger partial charge < -0.3 is 5.32 Å². The van der Waals surface area contributed by atoms with Gasteiger partial charge in [-0.05, 0) is 66.2 Å². The van der Waals surface area contributed by atoms with Crippen LogP contribution in [0.2, 0.25) is 5.02 Å². The van der Waals surface area contributed by atoms with Crippen LogP contribution in [0, 0.1) is 10.5 Å². The minimum Gasteiger partial charge on any atom is -0.310 e. The summed E-state index contributed by atoms with van der Waals surface area (Å²) in [6.07, 6.45) is 2.02. The van der Waals surface area contributed by atoms with Crippen LogP contribution in [0.5, 0.6) is 0 Å². The second-order valence-corrected chi connectivity index (χ2v) is 7.40. The number of benzene rings is 1. The predicted octanol–water partition coefficient (Wildman–Crippen LogP) is 4.99. The van der Waals surface area contributed by atoms with Crippen LogP contribution in [0.4, 0.5) is 0 Å². The van der Waals surface area contributed by atoms with E-state index in [2.05, 4.69) is 57.3 Å². The van der Waals surface area contributed by atoms with Crippen molar-refractivity contribution in [1.82, 2.24) is 10.3 Å². The fourth-order valence-electron chi connectivity index (χ4n) is 2.10. The molecule has 0 amide bonds. The standard InChI is InChI=1S/C15H18ClIN2S/c1-3-6-18-15(8-12-9-20-10(2)19-12)13-7-11(16)4-5-14(13)17/h4-5,7,9,15,18H,3,6,8H2,1-2H3. The number of nitrogens with zero attached hydrogens (tertiary/aromatic N) is 1. The van der Waals surface area contributed by atoms with Crippen LogP contribution >= 0.6 is 45.5 Å². The van der Waals surface area contributed by atoms with Crippen molar-refractivity contribution in [3.8, 4) is 0 Å². The Balaban J connectivity index is 2.24. The van der Waals surface area contributed by atoms with Crippen LogP contribution in [0.15, 0.2) is 23.6 Å². The summed E-state index contributed by atoms with van der Waals surface area (Å²) in [5, 5.41) is 7.67. The van der Waals surface area contributed by atoms with Gasteiger partial charge in [0.2, 0.25) is 0 Å². The van der Waals surface area contributed by atoms with E-state index in [9.17, 15) is 0 Å². The summed E-state index contributed by atoms with van der Waals surface area (Å²) >= 11 is 10.2. The molecule has 20 heavy (non-hydrogen) atoms. The fraction of sp³-hybridized carbons (Fsp3) is 0.400. The Labute approximate surface area is 143 Å². The molecule has 5 heteroatoms. The third-order valence-corrected chi connectivity index (χ3v) is 5.09. The highest BCUT2D eigenvalue weighted by atomic mass is 127. The largest absolute Gasteiger partial charge is 0.310 e. The van der Waals surface area contributed by atoms with E-state index >= 15 is 0 Å². The zero-order valence-corrected chi connectivity index (χ0v) is 15.3. The van der Waals surface area contributed by atoms with Gasteiger partial charge in [-0.3, -0.25) is 0 Å². The van der Waals surface area contributed by atoms with Gasteiger partial charge in [0, 0.05) is 26.4 Å². The highest BCUT2D eigenvalue weighted by Gasteiger charge is 2.16. The molecular formula is C15H18ClIN2S. The molecule has 1 aromatic heterocycles. The first kappa shape index (κ1) is 16.2. The fourth-order valence-corrected chi connectivity index (χ4v) is 3.62. The smallest absolute Gasteiger partial charge is 0.0897 e. The molecule has 1 unspecified atom stereocenters. The average molecular weight is 421 g/mol. The minimum atomic E-state index is 0.266. The van der Waals surface area contributed by atoms with E-state index in [1.54, 1.807) is 11.3 Å². The van der Waals surface area contributed by atoms with E-state index in [4.69, 9.17) is 11.6 Å². The van der Waals surface area contributed by atoms with Gasteiger partial charge in [-0.25, -0.2) is 4.98 Å². The summed E-state index contributed by atoms with van der Waals surface area (Å²) in [5.41, 5.74) is 2.41. The minimum absolute atomic E-state index is 0.266. The molecule has 0 radical (unpaired) electrons. The van der Waals surface area contributed by atoms with Gasteiger partial charge >= 0.3 is 0 Å². The molecule has 0 bridgehead atoms. The van der Waals surface area contributed by atoms with Crippen molar-refractivity contribution < 1.29 is 0 Å². The Kier molecular flexibility index (Phi) is 6.26. The molecule has 2 nitrogen and oxygen atoms in total. The summed E-state index contributed by atoms with van der Waals surface area (Å²) in [6.45, 7) is 5.22. The van der Waals surface area contributed by atoms with Gasteiger partial charge in [-0.2, -0.15) is 0 Å². The maximum absolute atomic E-state index is 6.16. The van der Waals surface area contributed by atoms with Crippen molar-refractivity contribution >= 4 is 45.5 Å². The zero-order valence-electron chi connectivity index (χ0n) is 11.6. The average Bonchev–Trinajstić information content (AvgIpc) is 2.83. The molecule has 1 heterocycles. The Bertz CT molecular complexity index is 571. The number of nitrogens with one attached hydrogen (secondary N) is 1. The SMILES string of the molecule is CCCNC(Cc1csc(C)n1)c1cc(Cl)ccc1I.